The zero-order valence-corrected chi connectivity index (χ0v) is 12.1. The molecule has 2 atom stereocenters. The number of carboxylic acid groups (broad SMARTS) is 1. The van der Waals surface area contributed by atoms with E-state index in [1.54, 1.807) is 0 Å². The summed E-state index contributed by atoms with van der Waals surface area (Å²) in [5.74, 6) is -0.514. The third kappa shape index (κ3) is 3.96. The topological polar surface area (TPSA) is 69.6 Å². The summed E-state index contributed by atoms with van der Waals surface area (Å²) in [5.41, 5.74) is -0.369. The van der Waals surface area contributed by atoms with E-state index in [1.165, 1.54) is 11.8 Å². The van der Waals surface area contributed by atoms with Gasteiger partial charge in [0.25, 0.3) is 0 Å². The first-order valence-corrected chi connectivity index (χ1v) is 7.38. The Hall–Kier alpha value is -1.04. The molecule has 2 unspecified atom stereocenters. The van der Waals surface area contributed by atoms with E-state index in [1.807, 2.05) is 44.2 Å². The molecule has 4 nitrogen and oxygen atoms in total. The number of carboxylic acids is 1. The first-order chi connectivity index (χ1) is 9.06. The molecule has 0 aromatic heterocycles. The number of aliphatic hydroxyl groups is 1. The summed E-state index contributed by atoms with van der Waals surface area (Å²) >= 11 is 1.45. The minimum absolute atomic E-state index is 0.0149. The van der Waals surface area contributed by atoms with E-state index in [0.717, 1.165) is 5.56 Å². The van der Waals surface area contributed by atoms with Crippen molar-refractivity contribution < 1.29 is 15.0 Å². The summed E-state index contributed by atoms with van der Waals surface area (Å²) < 4.78 is 0. The minimum Gasteiger partial charge on any atom is -0.480 e. The monoisotopic (exact) mass is 283 g/mol. The second kappa shape index (κ2) is 7.53. The van der Waals surface area contributed by atoms with Crippen molar-refractivity contribution in [1.29, 1.82) is 0 Å². The van der Waals surface area contributed by atoms with Gasteiger partial charge in [0, 0.05) is 11.0 Å². The molecule has 0 saturated heterocycles. The van der Waals surface area contributed by atoms with Crippen LogP contribution in [0, 0.1) is 0 Å². The summed E-state index contributed by atoms with van der Waals surface area (Å²) in [4.78, 5) is 11.8. The third-order valence-electron chi connectivity index (χ3n) is 2.95. The van der Waals surface area contributed by atoms with Crippen molar-refractivity contribution in [3.8, 4) is 0 Å². The molecule has 0 spiro atoms. The molecule has 1 rings (SSSR count). The Labute approximate surface area is 118 Å². The number of aliphatic hydroxyl groups excluding tert-OH is 1. The van der Waals surface area contributed by atoms with E-state index in [-0.39, 0.29) is 11.9 Å². The molecule has 1 aromatic rings. The van der Waals surface area contributed by atoms with Gasteiger partial charge in [-0.15, -0.1) is 0 Å². The SMILES string of the molecule is CCNC(CSC(C)CO)(C(=O)O)c1ccccc1. The zero-order chi connectivity index (χ0) is 14.3. The maximum atomic E-state index is 11.8. The maximum Gasteiger partial charge on any atom is 0.329 e. The molecule has 106 valence electrons. The predicted molar refractivity (Wildman–Crippen MR) is 78.4 cm³/mol. The van der Waals surface area contributed by atoms with Crippen molar-refractivity contribution in [2.45, 2.75) is 24.6 Å². The highest BCUT2D eigenvalue weighted by Crippen LogP contribution is 2.28. The van der Waals surface area contributed by atoms with Crippen molar-refractivity contribution in [3.05, 3.63) is 35.9 Å². The number of carbonyl (C=O) groups is 1. The molecule has 19 heavy (non-hydrogen) atoms. The van der Waals surface area contributed by atoms with Gasteiger partial charge in [0.15, 0.2) is 5.54 Å². The van der Waals surface area contributed by atoms with Gasteiger partial charge in [0.2, 0.25) is 0 Å². The smallest absolute Gasteiger partial charge is 0.329 e. The van der Waals surface area contributed by atoms with Crippen LogP contribution in [0.3, 0.4) is 0 Å². The number of likely N-dealkylation sites (N-methyl/N-ethyl adjacent to an activating group) is 1. The molecule has 0 bridgehead atoms. The summed E-state index contributed by atoms with van der Waals surface area (Å²) in [5, 5.41) is 21.8. The van der Waals surface area contributed by atoms with Crippen LogP contribution in [0.5, 0.6) is 0 Å². The number of benzene rings is 1. The van der Waals surface area contributed by atoms with Crippen molar-refractivity contribution in [3.63, 3.8) is 0 Å². The molecule has 0 amide bonds. The zero-order valence-electron chi connectivity index (χ0n) is 11.3. The Morgan fingerprint density at radius 1 is 1.42 bits per heavy atom. The van der Waals surface area contributed by atoms with Crippen LogP contribution in [-0.2, 0) is 10.3 Å². The molecule has 0 radical (unpaired) electrons. The van der Waals surface area contributed by atoms with Crippen LogP contribution < -0.4 is 5.32 Å². The van der Waals surface area contributed by atoms with Crippen LogP contribution >= 0.6 is 11.8 Å². The van der Waals surface area contributed by atoms with Gasteiger partial charge in [-0.1, -0.05) is 44.2 Å². The predicted octanol–water partition coefficient (Wildman–Crippen LogP) is 1.69. The number of hydrogen-bond acceptors (Lipinski definition) is 4. The molecule has 5 heteroatoms. The second-order valence-corrected chi connectivity index (χ2v) is 5.84. The normalized spacial score (nSPS) is 15.7. The van der Waals surface area contributed by atoms with E-state index in [0.29, 0.717) is 12.3 Å². The van der Waals surface area contributed by atoms with Crippen LogP contribution in [0.15, 0.2) is 30.3 Å². The average Bonchev–Trinajstić information content (AvgIpc) is 2.43. The van der Waals surface area contributed by atoms with Crippen molar-refractivity contribution in [2.75, 3.05) is 18.9 Å². The first-order valence-electron chi connectivity index (χ1n) is 6.33. The minimum atomic E-state index is -1.11. The van der Waals surface area contributed by atoms with Crippen LogP contribution in [0.4, 0.5) is 0 Å². The van der Waals surface area contributed by atoms with Crippen LogP contribution in [-0.4, -0.2) is 40.3 Å². The van der Waals surface area contributed by atoms with E-state index >= 15 is 0 Å². The Bertz CT molecular complexity index is 399. The fourth-order valence-electron chi connectivity index (χ4n) is 1.84. The Morgan fingerprint density at radius 3 is 2.53 bits per heavy atom. The molecule has 0 saturated carbocycles. The van der Waals surface area contributed by atoms with E-state index in [9.17, 15) is 9.90 Å². The summed E-state index contributed by atoms with van der Waals surface area (Å²) in [6, 6.07) is 9.18. The number of aliphatic carboxylic acids is 1. The summed E-state index contributed by atoms with van der Waals surface area (Å²) in [7, 11) is 0. The molecular formula is C14H21NO3S. The highest BCUT2D eigenvalue weighted by atomic mass is 32.2. The van der Waals surface area contributed by atoms with Gasteiger partial charge in [-0.25, -0.2) is 4.79 Å². The lowest BCUT2D eigenvalue weighted by atomic mass is 9.92. The number of thioether (sulfide) groups is 1. The Kier molecular flexibility index (Phi) is 6.34. The number of nitrogens with one attached hydrogen (secondary N) is 1. The summed E-state index contributed by atoms with van der Waals surface area (Å²) in [6.07, 6.45) is 0. The molecule has 0 heterocycles. The van der Waals surface area contributed by atoms with E-state index in [2.05, 4.69) is 5.32 Å². The fourth-order valence-corrected chi connectivity index (χ4v) is 2.87. The van der Waals surface area contributed by atoms with E-state index < -0.39 is 11.5 Å². The van der Waals surface area contributed by atoms with Crippen molar-refractivity contribution >= 4 is 17.7 Å². The molecule has 0 aliphatic heterocycles. The largest absolute Gasteiger partial charge is 0.480 e. The van der Waals surface area contributed by atoms with Gasteiger partial charge in [0.05, 0.1) is 6.61 Å². The number of hydrogen-bond donors (Lipinski definition) is 3. The highest BCUT2D eigenvalue weighted by molar-refractivity contribution is 8.00. The lowest BCUT2D eigenvalue weighted by Crippen LogP contribution is -2.51. The molecule has 0 aliphatic rings. The standard InChI is InChI=1S/C14H21NO3S/c1-3-15-14(13(17)18,10-19-11(2)9-16)12-7-5-4-6-8-12/h4-8,11,15-16H,3,9-10H2,1-2H3,(H,17,18). The quantitative estimate of drug-likeness (QED) is 0.677. The van der Waals surface area contributed by atoms with Crippen molar-refractivity contribution in [2.24, 2.45) is 0 Å². The molecule has 0 fully saturated rings. The third-order valence-corrected chi connectivity index (χ3v) is 4.27. The van der Waals surface area contributed by atoms with Gasteiger partial charge in [-0.2, -0.15) is 11.8 Å². The first kappa shape index (κ1) is 16.0. The fraction of sp³-hybridized carbons (Fsp3) is 0.500. The lowest BCUT2D eigenvalue weighted by Gasteiger charge is -2.31. The number of rotatable bonds is 8. The highest BCUT2D eigenvalue weighted by Gasteiger charge is 2.39. The van der Waals surface area contributed by atoms with Crippen LogP contribution in [0.2, 0.25) is 0 Å². The van der Waals surface area contributed by atoms with Crippen LogP contribution in [0.25, 0.3) is 0 Å². The van der Waals surface area contributed by atoms with Gasteiger partial charge in [-0.05, 0) is 12.1 Å². The van der Waals surface area contributed by atoms with E-state index in [4.69, 9.17) is 5.11 Å². The maximum absolute atomic E-state index is 11.8. The molecule has 3 N–H and O–H groups in total. The second-order valence-electron chi connectivity index (χ2n) is 4.41. The van der Waals surface area contributed by atoms with Gasteiger partial charge in [0.1, 0.15) is 0 Å². The van der Waals surface area contributed by atoms with Gasteiger partial charge >= 0.3 is 5.97 Å². The van der Waals surface area contributed by atoms with Gasteiger partial charge < -0.3 is 10.2 Å². The molecular weight excluding hydrogens is 262 g/mol. The lowest BCUT2D eigenvalue weighted by molar-refractivity contribution is -0.144. The van der Waals surface area contributed by atoms with Crippen molar-refractivity contribution in [1.82, 2.24) is 5.32 Å². The average molecular weight is 283 g/mol. The Balaban J connectivity index is 3.04. The molecule has 1 aromatic carbocycles. The Morgan fingerprint density at radius 2 is 2.05 bits per heavy atom. The summed E-state index contributed by atoms with van der Waals surface area (Å²) in [6.45, 7) is 4.38. The van der Waals surface area contributed by atoms with Crippen LogP contribution in [0.1, 0.15) is 19.4 Å². The molecule has 0 aliphatic carbocycles. The van der Waals surface area contributed by atoms with Gasteiger partial charge in [-0.3, -0.25) is 5.32 Å².